The maximum Gasteiger partial charge on any atom is 0.316 e. The number of thiazole rings is 1. The van der Waals surface area contributed by atoms with Crippen LogP contribution >= 0.6 is 11.3 Å². The van der Waals surface area contributed by atoms with Crippen molar-refractivity contribution in [1.82, 2.24) is 19.9 Å². The Morgan fingerprint density at radius 2 is 1.77 bits per heavy atom. The van der Waals surface area contributed by atoms with E-state index in [0.717, 1.165) is 21.6 Å². The number of ether oxygens (including phenoxy) is 1. The summed E-state index contributed by atoms with van der Waals surface area (Å²) in [5.41, 5.74) is 2.18. The molecule has 4 rings (SSSR count). The van der Waals surface area contributed by atoms with E-state index in [9.17, 15) is 13.9 Å². The van der Waals surface area contributed by atoms with Gasteiger partial charge in [0.05, 0.1) is 22.0 Å². The van der Waals surface area contributed by atoms with Gasteiger partial charge in [0.1, 0.15) is 11.6 Å². The number of phenols is 1. The summed E-state index contributed by atoms with van der Waals surface area (Å²) in [4.78, 5) is 17.9. The van der Waals surface area contributed by atoms with Gasteiger partial charge < -0.3 is 9.84 Å². The third kappa shape index (κ3) is 3.84. The van der Waals surface area contributed by atoms with E-state index in [4.69, 9.17) is 4.74 Å². The second-order valence-electron chi connectivity index (χ2n) is 6.44. The largest absolute Gasteiger partial charge is 0.503 e. The van der Waals surface area contributed by atoms with E-state index >= 15 is 0 Å². The first kappa shape index (κ1) is 19.8. The SMILES string of the molecule is Cc1nc(COc2ncccn2)sc1-c1cccc(-c2cc(F)c(O)c(F)c2C)n1. The van der Waals surface area contributed by atoms with E-state index in [2.05, 4.69) is 19.9 Å². The molecule has 0 saturated heterocycles. The summed E-state index contributed by atoms with van der Waals surface area (Å²) in [5, 5.41) is 10.2. The maximum absolute atomic E-state index is 14.1. The van der Waals surface area contributed by atoms with Crippen molar-refractivity contribution in [3.8, 4) is 33.6 Å². The molecule has 0 atom stereocenters. The van der Waals surface area contributed by atoms with Gasteiger partial charge in [0.2, 0.25) is 0 Å². The molecular weight excluding hydrogens is 410 g/mol. The molecule has 1 N–H and O–H groups in total. The highest BCUT2D eigenvalue weighted by Gasteiger charge is 2.18. The molecule has 9 heteroatoms. The fourth-order valence-electron chi connectivity index (χ4n) is 2.92. The molecule has 0 bridgehead atoms. The van der Waals surface area contributed by atoms with Gasteiger partial charge in [0, 0.05) is 18.0 Å². The summed E-state index contributed by atoms with van der Waals surface area (Å²) in [6, 6.07) is 8.27. The van der Waals surface area contributed by atoms with Gasteiger partial charge >= 0.3 is 6.01 Å². The molecule has 1 aromatic carbocycles. The molecule has 0 aliphatic carbocycles. The second-order valence-corrected chi connectivity index (χ2v) is 7.53. The van der Waals surface area contributed by atoms with E-state index in [1.54, 1.807) is 36.7 Å². The van der Waals surface area contributed by atoms with Gasteiger partial charge in [-0.15, -0.1) is 11.3 Å². The standard InChI is InChI=1S/C21H16F2N4O2S/c1-11-13(9-14(22)19(28)18(11)23)15-5-3-6-16(27-15)20-12(2)26-17(30-20)10-29-21-24-7-4-8-25-21/h3-9,28H,10H2,1-2H3. The number of halogens is 2. The molecular formula is C21H16F2N4O2S. The molecule has 0 saturated carbocycles. The lowest BCUT2D eigenvalue weighted by molar-refractivity contribution is 0.280. The smallest absolute Gasteiger partial charge is 0.316 e. The predicted octanol–water partition coefficient (Wildman–Crippen LogP) is 4.84. The van der Waals surface area contributed by atoms with Crippen LogP contribution < -0.4 is 4.74 Å². The Bertz CT molecular complexity index is 1220. The molecule has 0 amide bonds. The first-order valence-corrected chi connectivity index (χ1v) is 9.77. The van der Waals surface area contributed by atoms with Crippen LogP contribution in [-0.2, 0) is 6.61 Å². The van der Waals surface area contributed by atoms with Crippen LogP contribution in [0.5, 0.6) is 11.8 Å². The summed E-state index contributed by atoms with van der Waals surface area (Å²) in [5.74, 6) is -3.01. The number of pyridine rings is 1. The van der Waals surface area contributed by atoms with Crippen molar-refractivity contribution >= 4 is 11.3 Å². The Morgan fingerprint density at radius 3 is 2.53 bits per heavy atom. The van der Waals surface area contributed by atoms with E-state index in [1.807, 2.05) is 6.92 Å². The van der Waals surface area contributed by atoms with Crippen LogP contribution in [0.2, 0.25) is 0 Å². The lowest BCUT2D eigenvalue weighted by atomic mass is 10.0. The number of hydrogen-bond donors (Lipinski definition) is 1. The van der Waals surface area contributed by atoms with Gasteiger partial charge in [-0.05, 0) is 43.7 Å². The highest BCUT2D eigenvalue weighted by molar-refractivity contribution is 7.15. The molecule has 3 aromatic heterocycles. The molecule has 4 aromatic rings. The van der Waals surface area contributed by atoms with Gasteiger partial charge in [-0.3, -0.25) is 0 Å². The molecule has 3 heterocycles. The lowest BCUT2D eigenvalue weighted by Crippen LogP contribution is -1.98. The monoisotopic (exact) mass is 426 g/mol. The zero-order valence-corrected chi connectivity index (χ0v) is 16.9. The van der Waals surface area contributed by atoms with Gasteiger partial charge in [0.25, 0.3) is 0 Å². The predicted molar refractivity (Wildman–Crippen MR) is 108 cm³/mol. The Labute approximate surface area is 174 Å². The number of aromatic hydroxyl groups is 1. The van der Waals surface area contributed by atoms with Gasteiger partial charge in [-0.25, -0.2) is 28.7 Å². The molecule has 152 valence electrons. The van der Waals surface area contributed by atoms with Crippen molar-refractivity contribution in [3.63, 3.8) is 0 Å². The number of benzene rings is 1. The number of hydrogen-bond acceptors (Lipinski definition) is 7. The van der Waals surface area contributed by atoms with Crippen molar-refractivity contribution in [2.75, 3.05) is 0 Å². The minimum atomic E-state index is -1.03. The molecule has 0 aliphatic heterocycles. The summed E-state index contributed by atoms with van der Waals surface area (Å²) >= 11 is 1.41. The first-order valence-electron chi connectivity index (χ1n) is 8.95. The molecule has 0 aliphatic rings. The summed E-state index contributed by atoms with van der Waals surface area (Å²) in [7, 11) is 0. The molecule has 30 heavy (non-hydrogen) atoms. The summed E-state index contributed by atoms with van der Waals surface area (Å²) in [6.07, 6.45) is 3.18. The normalized spacial score (nSPS) is 10.9. The number of aromatic nitrogens is 4. The quantitative estimate of drug-likeness (QED) is 0.492. The van der Waals surface area contributed by atoms with Crippen LogP contribution in [0.1, 0.15) is 16.3 Å². The summed E-state index contributed by atoms with van der Waals surface area (Å²) < 4.78 is 33.5. The Hall–Kier alpha value is -3.46. The van der Waals surface area contributed by atoms with Crippen LogP contribution in [-0.4, -0.2) is 25.0 Å². The van der Waals surface area contributed by atoms with Gasteiger partial charge in [-0.1, -0.05) is 6.07 Å². The Morgan fingerprint density at radius 1 is 1.03 bits per heavy atom. The van der Waals surface area contributed by atoms with E-state index in [0.29, 0.717) is 11.4 Å². The average Bonchev–Trinajstić information content (AvgIpc) is 3.14. The minimum absolute atomic E-state index is 0.122. The van der Waals surface area contributed by atoms with E-state index in [1.165, 1.54) is 18.3 Å². The number of aryl methyl sites for hydroxylation is 1. The second kappa shape index (κ2) is 8.11. The molecule has 0 spiro atoms. The van der Waals surface area contributed by atoms with Crippen molar-refractivity contribution in [2.45, 2.75) is 20.5 Å². The first-order chi connectivity index (χ1) is 14.4. The van der Waals surface area contributed by atoms with E-state index < -0.39 is 17.4 Å². The van der Waals surface area contributed by atoms with Gasteiger partial charge in [0.15, 0.2) is 17.4 Å². The fourth-order valence-corrected chi connectivity index (χ4v) is 3.87. The maximum atomic E-state index is 14.1. The number of phenolic OH excluding ortho intramolecular Hbond substituents is 1. The molecule has 0 unspecified atom stereocenters. The van der Waals surface area contributed by atoms with Crippen molar-refractivity contribution in [3.05, 3.63) is 70.6 Å². The zero-order valence-electron chi connectivity index (χ0n) is 16.1. The Balaban J connectivity index is 1.64. The van der Waals surface area contributed by atoms with Crippen LogP contribution in [0.15, 0.2) is 42.7 Å². The van der Waals surface area contributed by atoms with Crippen molar-refractivity contribution in [2.24, 2.45) is 0 Å². The van der Waals surface area contributed by atoms with E-state index in [-0.39, 0.29) is 23.7 Å². The third-order valence-corrected chi connectivity index (χ3v) is 5.56. The van der Waals surface area contributed by atoms with Crippen LogP contribution in [0.4, 0.5) is 8.78 Å². The third-order valence-electron chi connectivity index (χ3n) is 4.40. The average molecular weight is 426 g/mol. The van der Waals surface area contributed by atoms with Crippen LogP contribution in [0.25, 0.3) is 21.8 Å². The molecule has 0 radical (unpaired) electrons. The lowest BCUT2D eigenvalue weighted by Gasteiger charge is -2.10. The zero-order chi connectivity index (χ0) is 21.3. The number of nitrogens with zero attached hydrogens (tertiary/aromatic N) is 4. The fraction of sp³-hybridized carbons (Fsp3) is 0.143. The van der Waals surface area contributed by atoms with Gasteiger partial charge in [-0.2, -0.15) is 0 Å². The minimum Gasteiger partial charge on any atom is -0.503 e. The van der Waals surface area contributed by atoms with Crippen molar-refractivity contribution in [1.29, 1.82) is 0 Å². The topological polar surface area (TPSA) is 81.0 Å². The Kier molecular flexibility index (Phi) is 5.37. The molecule has 6 nitrogen and oxygen atoms in total. The van der Waals surface area contributed by atoms with Crippen LogP contribution in [0, 0.1) is 25.5 Å². The van der Waals surface area contributed by atoms with Crippen molar-refractivity contribution < 1.29 is 18.6 Å². The summed E-state index contributed by atoms with van der Waals surface area (Å²) in [6.45, 7) is 3.54. The van der Waals surface area contributed by atoms with Crippen LogP contribution in [0.3, 0.4) is 0 Å². The highest BCUT2D eigenvalue weighted by atomic mass is 32.1. The number of rotatable bonds is 5. The highest BCUT2D eigenvalue weighted by Crippen LogP contribution is 2.34. The molecule has 0 fully saturated rings.